The third-order valence-electron chi connectivity index (χ3n) is 6.26. The first-order valence-corrected chi connectivity index (χ1v) is 12.6. The number of pyridine rings is 1. The molecule has 0 bridgehead atoms. The summed E-state index contributed by atoms with van der Waals surface area (Å²) < 4.78 is 13.2. The maximum Gasteiger partial charge on any atom is 0.231 e. The lowest BCUT2D eigenvalue weighted by Crippen LogP contribution is -2.15. The number of hydrogen-bond acceptors (Lipinski definition) is 4. The maximum absolute atomic E-state index is 13.2. The van der Waals surface area contributed by atoms with Gasteiger partial charge in [-0.15, -0.1) is 0 Å². The minimum Gasteiger partial charge on any atom is -0.310 e. The van der Waals surface area contributed by atoms with Crippen molar-refractivity contribution in [1.29, 1.82) is 5.26 Å². The third kappa shape index (κ3) is 6.54. The van der Waals surface area contributed by atoms with Gasteiger partial charge in [0.25, 0.3) is 0 Å². The number of nitriles is 1. The van der Waals surface area contributed by atoms with Crippen LogP contribution in [-0.4, -0.2) is 22.8 Å². The minimum absolute atomic E-state index is 0.0947. The number of anilines is 1. The van der Waals surface area contributed by atoms with Gasteiger partial charge in [0.1, 0.15) is 12.0 Å². The van der Waals surface area contributed by atoms with Crippen LogP contribution < -0.4 is 5.32 Å². The fourth-order valence-electron chi connectivity index (χ4n) is 3.94. The molecule has 6 heteroatoms. The molecule has 2 unspecified atom stereocenters. The highest BCUT2D eigenvalue weighted by molar-refractivity contribution is 6.00. The summed E-state index contributed by atoms with van der Waals surface area (Å²) in [6.45, 7) is 13.7. The molecule has 1 saturated carbocycles. The van der Waals surface area contributed by atoms with Gasteiger partial charge in [-0.25, -0.2) is 9.37 Å². The van der Waals surface area contributed by atoms with Gasteiger partial charge in [0.05, 0.1) is 17.6 Å². The second-order valence-electron chi connectivity index (χ2n) is 8.63. The quantitative estimate of drug-likeness (QED) is 0.308. The van der Waals surface area contributed by atoms with Crippen LogP contribution >= 0.6 is 0 Å². The molecule has 1 aliphatic rings. The van der Waals surface area contributed by atoms with Gasteiger partial charge >= 0.3 is 0 Å². The second kappa shape index (κ2) is 12.9. The molecule has 1 amide bonds. The summed E-state index contributed by atoms with van der Waals surface area (Å²) in [5.74, 6) is -0.548. The summed E-state index contributed by atoms with van der Waals surface area (Å²) in [7, 11) is 0. The van der Waals surface area contributed by atoms with Crippen LogP contribution in [0.3, 0.4) is 0 Å². The Morgan fingerprint density at radius 2 is 1.83 bits per heavy atom. The van der Waals surface area contributed by atoms with Crippen molar-refractivity contribution in [3.05, 3.63) is 64.4 Å². The van der Waals surface area contributed by atoms with Crippen LogP contribution in [0.5, 0.6) is 0 Å². The Labute approximate surface area is 213 Å². The van der Waals surface area contributed by atoms with E-state index in [0.29, 0.717) is 17.8 Å². The van der Waals surface area contributed by atoms with Crippen LogP contribution in [0.2, 0.25) is 0 Å². The zero-order valence-corrected chi connectivity index (χ0v) is 22.3. The molecule has 2 aromatic rings. The van der Waals surface area contributed by atoms with Gasteiger partial charge in [-0.3, -0.25) is 9.59 Å². The lowest BCUT2D eigenvalue weighted by molar-refractivity contribution is -0.117. The van der Waals surface area contributed by atoms with Gasteiger partial charge in [0.15, 0.2) is 5.78 Å². The first kappa shape index (κ1) is 28.6. The Morgan fingerprint density at radius 1 is 1.17 bits per heavy atom. The number of hydrogen-bond donors (Lipinski definition) is 1. The molecule has 3 rings (SSSR count). The van der Waals surface area contributed by atoms with Gasteiger partial charge in [0, 0.05) is 29.1 Å². The van der Waals surface area contributed by atoms with Crippen molar-refractivity contribution in [3.63, 3.8) is 0 Å². The van der Waals surface area contributed by atoms with Crippen molar-refractivity contribution in [1.82, 2.24) is 4.98 Å². The van der Waals surface area contributed by atoms with Gasteiger partial charge < -0.3 is 5.32 Å². The normalized spacial score (nSPS) is 18.0. The molecule has 1 aromatic carbocycles. The van der Waals surface area contributed by atoms with E-state index in [0.717, 1.165) is 45.0 Å². The second-order valence-corrected chi connectivity index (χ2v) is 8.63. The average Bonchev–Trinajstić information content (AvgIpc) is 3.64. The number of nitrogens with one attached hydrogen (secondary N) is 1. The van der Waals surface area contributed by atoms with Gasteiger partial charge in [-0.05, 0) is 74.4 Å². The molecule has 1 heterocycles. The van der Waals surface area contributed by atoms with Crippen LogP contribution in [0.4, 0.5) is 10.2 Å². The number of allylic oxidation sites excluding steroid dienone is 6. The number of halogens is 1. The van der Waals surface area contributed by atoms with Crippen molar-refractivity contribution < 1.29 is 14.0 Å². The molecule has 2 atom stereocenters. The standard InChI is InChI=1S/C28H30FN3O2.C2H6/c1-6-16(4)22(26(33)8-3)9-17(5)21(7-2)23-11-20-15-31-27(12-18(20)10-19(23)14-30)32-28(34)24-13-25(24)29;1-2/h7,9-12,15,24-25H,6,8,13H2,1-5H3,(H,31,32,34);1-2H3/b17-9-,21-7+,22-16-;. The molecule has 0 radical (unpaired) electrons. The lowest BCUT2D eigenvalue weighted by atomic mass is 9.90. The van der Waals surface area contributed by atoms with Crippen molar-refractivity contribution in [2.24, 2.45) is 5.92 Å². The number of benzene rings is 1. The van der Waals surface area contributed by atoms with Crippen LogP contribution in [0.1, 0.15) is 78.9 Å². The third-order valence-corrected chi connectivity index (χ3v) is 6.26. The van der Waals surface area contributed by atoms with E-state index >= 15 is 0 Å². The SMILES string of the molecule is CC.C\C=C(/C(C)=C\C(C(=O)CC)=C(/C)CC)c1cc2cnc(NC(=O)C3CC3F)cc2cc1C#N. The van der Waals surface area contributed by atoms with Crippen LogP contribution in [0, 0.1) is 17.2 Å². The highest BCUT2D eigenvalue weighted by Crippen LogP contribution is 2.35. The van der Waals surface area contributed by atoms with E-state index in [4.69, 9.17) is 0 Å². The fraction of sp³-hybridized carbons (Fsp3) is 0.400. The Kier molecular flexibility index (Phi) is 10.3. The fourth-order valence-corrected chi connectivity index (χ4v) is 3.94. The number of aromatic nitrogens is 1. The number of alkyl halides is 1. The molecule has 190 valence electrons. The lowest BCUT2D eigenvalue weighted by Gasteiger charge is -2.14. The summed E-state index contributed by atoms with van der Waals surface area (Å²) in [5.41, 5.74) is 4.73. The van der Waals surface area contributed by atoms with Crippen LogP contribution in [0.15, 0.2) is 53.3 Å². The Hall–Kier alpha value is -3.59. The predicted molar refractivity (Wildman–Crippen MR) is 145 cm³/mol. The summed E-state index contributed by atoms with van der Waals surface area (Å²) in [5, 5.41) is 14.1. The van der Waals surface area contributed by atoms with E-state index in [9.17, 15) is 19.2 Å². The average molecular weight is 490 g/mol. The summed E-state index contributed by atoms with van der Waals surface area (Å²) in [4.78, 5) is 28.9. The summed E-state index contributed by atoms with van der Waals surface area (Å²) >= 11 is 0. The first-order chi connectivity index (χ1) is 17.2. The Morgan fingerprint density at radius 3 is 2.36 bits per heavy atom. The number of Topliss-reactive ketones (excluding diaryl/α,β-unsaturated/α-hetero) is 1. The van der Waals surface area contributed by atoms with Crippen LogP contribution in [-0.2, 0) is 9.59 Å². The van der Waals surface area contributed by atoms with E-state index < -0.39 is 12.1 Å². The molecule has 1 aromatic heterocycles. The number of rotatable bonds is 8. The topological polar surface area (TPSA) is 82.8 Å². The number of fused-ring (bicyclic) bond motifs is 1. The number of carbonyl (C=O) groups is 2. The number of carbonyl (C=O) groups excluding carboxylic acids is 2. The van der Waals surface area contributed by atoms with E-state index in [1.54, 1.807) is 18.3 Å². The number of ketones is 1. The first-order valence-electron chi connectivity index (χ1n) is 12.6. The molecule has 1 N–H and O–H groups in total. The molecular weight excluding hydrogens is 453 g/mol. The maximum atomic E-state index is 13.2. The summed E-state index contributed by atoms with van der Waals surface area (Å²) in [6, 6.07) is 7.62. The van der Waals surface area contributed by atoms with E-state index in [2.05, 4.69) is 16.4 Å². The molecule has 0 aliphatic heterocycles. The van der Waals surface area contributed by atoms with Crippen molar-refractivity contribution in [3.8, 4) is 6.07 Å². The molecule has 5 nitrogen and oxygen atoms in total. The van der Waals surface area contributed by atoms with E-state index in [-0.39, 0.29) is 18.1 Å². The van der Waals surface area contributed by atoms with Gasteiger partial charge in [-0.2, -0.15) is 5.26 Å². The molecule has 0 spiro atoms. The predicted octanol–water partition coefficient (Wildman–Crippen LogP) is 7.48. The van der Waals surface area contributed by atoms with Gasteiger partial charge in [0.2, 0.25) is 5.91 Å². The van der Waals surface area contributed by atoms with E-state index in [1.807, 2.05) is 66.7 Å². The largest absolute Gasteiger partial charge is 0.310 e. The molecular formula is C30H36FN3O2. The monoisotopic (exact) mass is 489 g/mol. The summed E-state index contributed by atoms with van der Waals surface area (Å²) in [6.07, 6.45) is 5.87. The highest BCUT2D eigenvalue weighted by Gasteiger charge is 2.43. The molecule has 1 aliphatic carbocycles. The number of nitrogens with zero attached hydrogens (tertiary/aromatic N) is 2. The van der Waals surface area contributed by atoms with Crippen molar-refractivity contribution in [2.75, 3.05) is 5.32 Å². The molecule has 0 saturated heterocycles. The zero-order valence-electron chi connectivity index (χ0n) is 22.3. The van der Waals surface area contributed by atoms with Crippen LogP contribution in [0.25, 0.3) is 16.3 Å². The van der Waals surface area contributed by atoms with Crippen molar-refractivity contribution in [2.45, 2.75) is 73.9 Å². The molecule has 36 heavy (non-hydrogen) atoms. The zero-order chi connectivity index (χ0) is 27.0. The van der Waals surface area contributed by atoms with Crippen molar-refractivity contribution >= 4 is 33.9 Å². The smallest absolute Gasteiger partial charge is 0.231 e. The Balaban J connectivity index is 0.00000222. The Bertz CT molecular complexity index is 1280. The highest BCUT2D eigenvalue weighted by atomic mass is 19.1. The van der Waals surface area contributed by atoms with E-state index in [1.165, 1.54) is 0 Å². The minimum atomic E-state index is -1.08. The number of amides is 1. The van der Waals surface area contributed by atoms with Gasteiger partial charge in [-0.1, -0.05) is 39.3 Å². The molecule has 1 fully saturated rings.